The zero-order chi connectivity index (χ0) is 32.7. The summed E-state index contributed by atoms with van der Waals surface area (Å²) in [6.07, 6.45) is 3.65. The minimum atomic E-state index is 0.430. The van der Waals surface area contributed by atoms with E-state index in [4.69, 9.17) is 9.83 Å². The second-order valence-electron chi connectivity index (χ2n) is 12.3. The number of furan rings is 1. The Hall–Kier alpha value is -6.65. The van der Waals surface area contributed by atoms with Crippen LogP contribution in [0.1, 0.15) is 5.56 Å². The third kappa shape index (κ3) is 5.07. The van der Waals surface area contributed by atoms with E-state index in [2.05, 4.69) is 144 Å². The minimum absolute atomic E-state index is 0.430. The maximum Gasteiger partial charge on any atom is 0.143 e. The number of hydrogen-bond acceptors (Lipinski definition) is 3. The van der Waals surface area contributed by atoms with E-state index in [9.17, 15) is 0 Å². The van der Waals surface area contributed by atoms with E-state index in [0.29, 0.717) is 5.71 Å². The van der Waals surface area contributed by atoms with Crippen LogP contribution in [0.2, 0.25) is 0 Å². The highest BCUT2D eigenvalue weighted by molar-refractivity contribution is 6.13. The molecule has 0 unspecified atom stereocenters. The van der Waals surface area contributed by atoms with Crippen molar-refractivity contribution in [3.05, 3.63) is 182 Å². The van der Waals surface area contributed by atoms with Gasteiger partial charge in [0.15, 0.2) is 0 Å². The first-order valence-corrected chi connectivity index (χ1v) is 16.4. The summed E-state index contributed by atoms with van der Waals surface area (Å²) >= 11 is 0. The Bertz CT molecular complexity index is 2700. The van der Waals surface area contributed by atoms with Crippen LogP contribution in [0, 0.1) is 5.41 Å². The fourth-order valence-electron chi connectivity index (χ4n) is 6.90. The molecule has 0 radical (unpaired) electrons. The minimum Gasteiger partial charge on any atom is -0.455 e. The van der Waals surface area contributed by atoms with Crippen molar-refractivity contribution in [2.75, 3.05) is 5.43 Å². The molecule has 9 aromatic rings. The second kappa shape index (κ2) is 11.9. The van der Waals surface area contributed by atoms with Crippen molar-refractivity contribution in [1.29, 1.82) is 5.41 Å². The van der Waals surface area contributed by atoms with E-state index in [1.54, 1.807) is 0 Å². The summed E-state index contributed by atoms with van der Waals surface area (Å²) in [7, 11) is 0. The van der Waals surface area contributed by atoms with Gasteiger partial charge in [-0.2, -0.15) is 0 Å². The number of aromatic nitrogens is 1. The molecule has 0 fully saturated rings. The van der Waals surface area contributed by atoms with E-state index in [1.807, 2.05) is 42.6 Å². The van der Waals surface area contributed by atoms with E-state index < -0.39 is 0 Å². The number of para-hydroxylation sites is 3. The third-order valence-corrected chi connectivity index (χ3v) is 9.34. The quantitative estimate of drug-likeness (QED) is 0.172. The average Bonchev–Trinajstić information content (AvgIpc) is 3.71. The van der Waals surface area contributed by atoms with Crippen molar-refractivity contribution >= 4 is 49.5 Å². The topological polar surface area (TPSA) is 54.0 Å². The van der Waals surface area contributed by atoms with Crippen LogP contribution in [-0.2, 0) is 0 Å². The van der Waals surface area contributed by atoms with Gasteiger partial charge in [0.2, 0.25) is 0 Å². The largest absolute Gasteiger partial charge is 0.455 e. The van der Waals surface area contributed by atoms with Gasteiger partial charge in [-0.15, -0.1) is 0 Å². The molecule has 0 spiro atoms. The van der Waals surface area contributed by atoms with Crippen LogP contribution in [-0.4, -0.2) is 10.4 Å². The molecule has 0 saturated carbocycles. The highest BCUT2D eigenvalue weighted by Crippen LogP contribution is 2.38. The van der Waals surface area contributed by atoms with Crippen LogP contribution in [0.5, 0.6) is 0 Å². The molecule has 2 aromatic heterocycles. The van der Waals surface area contributed by atoms with Crippen molar-refractivity contribution in [2.24, 2.45) is 0 Å². The summed E-state index contributed by atoms with van der Waals surface area (Å²) in [6.45, 7) is 0. The van der Waals surface area contributed by atoms with Crippen LogP contribution in [0.3, 0.4) is 0 Å². The number of rotatable bonds is 7. The summed E-state index contributed by atoms with van der Waals surface area (Å²) in [5.41, 5.74) is 15.5. The molecule has 0 amide bonds. The molecule has 49 heavy (non-hydrogen) atoms. The number of nitrogens with one attached hydrogen (secondary N) is 2. The third-order valence-electron chi connectivity index (χ3n) is 9.34. The van der Waals surface area contributed by atoms with Crippen LogP contribution in [0.4, 0.5) is 0 Å². The Balaban J connectivity index is 0.991. The van der Waals surface area contributed by atoms with Crippen molar-refractivity contribution in [2.45, 2.75) is 0 Å². The number of hydrogen-bond donors (Lipinski definition) is 2. The normalized spacial score (nSPS) is 11.7. The lowest BCUT2D eigenvalue weighted by molar-refractivity contribution is 0.670. The Morgan fingerprint density at radius 1 is 0.510 bits per heavy atom. The van der Waals surface area contributed by atoms with Crippen molar-refractivity contribution in [3.63, 3.8) is 0 Å². The molecular formula is C45H31N3O. The predicted molar refractivity (Wildman–Crippen MR) is 205 cm³/mol. The molecule has 0 atom stereocenters. The highest BCUT2D eigenvalue weighted by Gasteiger charge is 2.15. The molecule has 2 N–H and O–H groups in total. The van der Waals surface area contributed by atoms with E-state index in [-0.39, 0.29) is 0 Å². The Kier molecular flexibility index (Phi) is 6.91. The number of allylic oxidation sites excluding steroid dienone is 1. The standard InChI is InChI=1S/C45H31N3O/c46-41(32-22-20-31(21-23-32)34-13-8-12-33(28-34)30-10-2-1-3-11-30)26-27-47-48-42-18-6-4-14-37(42)40-29-35(24-25-43(40)48)36-16-9-17-39-38-15-5-7-19-44(38)49-45(36)39/h1-29,46-47H/b27-26-,46-41?. The van der Waals surface area contributed by atoms with Gasteiger partial charge in [-0.05, 0) is 69.8 Å². The van der Waals surface area contributed by atoms with Gasteiger partial charge in [-0.3, -0.25) is 4.68 Å². The zero-order valence-corrected chi connectivity index (χ0v) is 26.6. The van der Waals surface area contributed by atoms with Crippen LogP contribution >= 0.6 is 0 Å². The highest BCUT2D eigenvalue weighted by atomic mass is 16.3. The maximum atomic E-state index is 8.79. The number of nitrogens with zero attached hydrogens (tertiary/aromatic N) is 1. The first-order valence-electron chi connectivity index (χ1n) is 16.4. The van der Waals surface area contributed by atoms with Gasteiger partial charge in [0.05, 0.1) is 16.7 Å². The molecule has 0 aliphatic rings. The van der Waals surface area contributed by atoms with Gasteiger partial charge in [-0.1, -0.05) is 133 Å². The summed E-state index contributed by atoms with van der Waals surface area (Å²) in [6, 6.07) is 56.7. The molecule has 4 nitrogen and oxygen atoms in total. The fraction of sp³-hybridized carbons (Fsp3) is 0. The lowest BCUT2D eigenvalue weighted by Gasteiger charge is -2.09. The van der Waals surface area contributed by atoms with E-state index in [0.717, 1.165) is 71.6 Å². The first-order chi connectivity index (χ1) is 24.2. The second-order valence-corrected chi connectivity index (χ2v) is 12.3. The van der Waals surface area contributed by atoms with Gasteiger partial charge < -0.3 is 15.3 Å². The van der Waals surface area contributed by atoms with Gasteiger partial charge >= 0.3 is 0 Å². The molecule has 4 heteroatoms. The van der Waals surface area contributed by atoms with Crippen LogP contribution in [0.25, 0.3) is 77.1 Å². The Labute approximate surface area is 283 Å². The molecule has 0 aliphatic carbocycles. The van der Waals surface area contributed by atoms with Crippen molar-refractivity contribution < 1.29 is 4.42 Å². The van der Waals surface area contributed by atoms with Crippen molar-refractivity contribution in [1.82, 2.24) is 4.68 Å². The fourth-order valence-corrected chi connectivity index (χ4v) is 6.90. The zero-order valence-electron chi connectivity index (χ0n) is 26.6. The van der Waals surface area contributed by atoms with E-state index >= 15 is 0 Å². The molecule has 2 heterocycles. The first kappa shape index (κ1) is 28.6. The Morgan fingerprint density at radius 3 is 1.98 bits per heavy atom. The van der Waals surface area contributed by atoms with Crippen LogP contribution in [0.15, 0.2) is 180 Å². The van der Waals surface area contributed by atoms with Gasteiger partial charge in [0, 0.05) is 33.3 Å². The van der Waals surface area contributed by atoms with Gasteiger partial charge in [0.1, 0.15) is 11.2 Å². The molecular weight excluding hydrogens is 599 g/mol. The summed E-state index contributed by atoms with van der Waals surface area (Å²) in [5.74, 6) is 0. The van der Waals surface area contributed by atoms with Gasteiger partial charge in [-0.25, -0.2) is 0 Å². The lowest BCUT2D eigenvalue weighted by Crippen LogP contribution is -2.08. The molecule has 232 valence electrons. The number of fused-ring (bicyclic) bond motifs is 6. The number of benzene rings is 7. The molecule has 7 aromatic carbocycles. The monoisotopic (exact) mass is 629 g/mol. The summed E-state index contributed by atoms with van der Waals surface area (Å²) in [5, 5.41) is 13.3. The maximum absolute atomic E-state index is 8.79. The smallest absolute Gasteiger partial charge is 0.143 e. The average molecular weight is 630 g/mol. The summed E-state index contributed by atoms with van der Waals surface area (Å²) in [4.78, 5) is 0. The molecule has 9 rings (SSSR count). The Morgan fingerprint density at radius 2 is 1.14 bits per heavy atom. The SMILES string of the molecule is N=C(/C=C\Nn1c2ccccc2c2cc(-c3cccc4c3oc3ccccc34)ccc21)c1ccc(-c2cccc(-c3ccccc3)c2)cc1. The summed E-state index contributed by atoms with van der Waals surface area (Å²) < 4.78 is 8.44. The predicted octanol–water partition coefficient (Wildman–Crippen LogP) is 11.8. The van der Waals surface area contributed by atoms with Gasteiger partial charge in [0.25, 0.3) is 0 Å². The molecule has 0 saturated heterocycles. The molecule has 0 bridgehead atoms. The van der Waals surface area contributed by atoms with E-state index in [1.165, 1.54) is 11.1 Å². The molecule has 0 aliphatic heterocycles. The van der Waals surface area contributed by atoms with Crippen molar-refractivity contribution in [3.8, 4) is 33.4 Å². The lowest BCUT2D eigenvalue weighted by atomic mass is 9.98. The van der Waals surface area contributed by atoms with Crippen LogP contribution < -0.4 is 5.43 Å².